The van der Waals surface area contributed by atoms with E-state index in [1.807, 2.05) is 33.8 Å². The Morgan fingerprint density at radius 3 is 2.25 bits per heavy atom. The summed E-state index contributed by atoms with van der Waals surface area (Å²) in [5.41, 5.74) is 6.54. The molecule has 3 rings (SSSR count). The van der Waals surface area contributed by atoms with Gasteiger partial charge >= 0.3 is 11.9 Å². The summed E-state index contributed by atoms with van der Waals surface area (Å²) in [7, 11) is 0. The highest BCUT2D eigenvalue weighted by Crippen LogP contribution is 2.26. The number of carboxylic acids is 2. The fourth-order valence-corrected chi connectivity index (χ4v) is 3.59. The molecule has 0 saturated heterocycles. The number of aromatic amines is 1. The molecule has 1 aromatic carbocycles. The van der Waals surface area contributed by atoms with Crippen molar-refractivity contribution in [1.82, 2.24) is 25.8 Å². The molecular formula is C27H36N6O7. The zero-order valence-corrected chi connectivity index (χ0v) is 22.9. The number of oxazole rings is 1. The highest BCUT2D eigenvalue weighted by atomic mass is 16.4. The molecule has 7 N–H and O–H groups in total. The number of carboxylic acid groups (broad SMARTS) is 2. The summed E-state index contributed by atoms with van der Waals surface area (Å²) in [6, 6.07) is 7.81. The summed E-state index contributed by atoms with van der Waals surface area (Å²) >= 11 is 0. The van der Waals surface area contributed by atoms with Crippen LogP contribution in [0.4, 0.5) is 0 Å². The average molecular weight is 557 g/mol. The maximum atomic E-state index is 12.6. The molecule has 0 aliphatic heterocycles. The summed E-state index contributed by atoms with van der Waals surface area (Å²) in [6.45, 7) is 7.51. The molecule has 1 unspecified atom stereocenters. The fraction of sp³-hybridized carbons (Fsp3) is 0.407. The molecule has 0 saturated carbocycles. The van der Waals surface area contributed by atoms with Gasteiger partial charge in [-0.05, 0) is 43.4 Å². The highest BCUT2D eigenvalue weighted by molar-refractivity contribution is 5.96. The van der Waals surface area contributed by atoms with Gasteiger partial charge in [-0.15, -0.1) is 0 Å². The van der Waals surface area contributed by atoms with Crippen LogP contribution in [0.1, 0.15) is 68.0 Å². The molecule has 0 fully saturated rings. The molecule has 216 valence electrons. The van der Waals surface area contributed by atoms with Crippen molar-refractivity contribution in [3.8, 4) is 22.7 Å². The Kier molecular flexibility index (Phi) is 12.0. The van der Waals surface area contributed by atoms with Crippen molar-refractivity contribution in [3.05, 3.63) is 48.0 Å². The van der Waals surface area contributed by atoms with E-state index in [9.17, 15) is 24.3 Å². The number of aliphatic carboxylic acids is 2. The zero-order chi connectivity index (χ0) is 29.8. The van der Waals surface area contributed by atoms with Crippen LogP contribution < -0.4 is 16.4 Å². The minimum Gasteiger partial charge on any atom is -0.480 e. The van der Waals surface area contributed by atoms with E-state index in [1.165, 1.54) is 6.20 Å². The Balaban J connectivity index is 0.00000103. The molecule has 0 aliphatic rings. The molecule has 0 spiro atoms. The molecule has 3 aromatic rings. The first-order valence-electron chi connectivity index (χ1n) is 12.9. The van der Waals surface area contributed by atoms with Gasteiger partial charge in [0.1, 0.15) is 11.7 Å². The first-order valence-corrected chi connectivity index (χ1v) is 12.9. The topological polar surface area (TPSA) is 214 Å². The number of H-pyrrole nitrogens is 1. The van der Waals surface area contributed by atoms with Crippen LogP contribution in [0.15, 0.2) is 40.9 Å². The third-order valence-electron chi connectivity index (χ3n) is 5.76. The standard InChI is InChI=1S/C25H31N5O5.C2H5NO2/c1-5-17(6-2)27-23(32)21-13-26-24(35-21)16-9-7-8-15(11-16)18-12-19(30-29-18)22(31)28-20(25(33)34)10-14(3)4;3-1-2(4)5/h7-9,11-14,17,20H,5-6,10H2,1-4H3,(H,27,32)(H,28,31)(H,29,30)(H,33,34);1,3H2,(H,4,5). The van der Waals surface area contributed by atoms with E-state index in [4.69, 9.17) is 9.52 Å². The molecule has 0 bridgehead atoms. The molecule has 13 nitrogen and oxygen atoms in total. The lowest BCUT2D eigenvalue weighted by Crippen LogP contribution is -2.41. The molecule has 13 heteroatoms. The van der Waals surface area contributed by atoms with Crippen molar-refractivity contribution in [2.75, 3.05) is 6.54 Å². The largest absolute Gasteiger partial charge is 0.480 e. The van der Waals surface area contributed by atoms with E-state index in [0.717, 1.165) is 12.8 Å². The molecule has 40 heavy (non-hydrogen) atoms. The number of hydrogen-bond donors (Lipinski definition) is 6. The van der Waals surface area contributed by atoms with Crippen molar-refractivity contribution >= 4 is 23.8 Å². The minimum atomic E-state index is -1.08. The van der Waals surface area contributed by atoms with Crippen LogP contribution in [0.25, 0.3) is 22.7 Å². The minimum absolute atomic E-state index is 0.0709. The van der Waals surface area contributed by atoms with Crippen molar-refractivity contribution < 1.29 is 33.8 Å². The van der Waals surface area contributed by atoms with Crippen molar-refractivity contribution in [2.24, 2.45) is 11.7 Å². The Bertz CT molecular complexity index is 1300. The third-order valence-corrected chi connectivity index (χ3v) is 5.76. The fourth-order valence-electron chi connectivity index (χ4n) is 3.59. The van der Waals surface area contributed by atoms with Gasteiger partial charge in [-0.2, -0.15) is 5.10 Å². The first-order chi connectivity index (χ1) is 19.0. The van der Waals surface area contributed by atoms with Crippen LogP contribution in [0.3, 0.4) is 0 Å². The van der Waals surface area contributed by atoms with Crippen LogP contribution in [0, 0.1) is 5.92 Å². The monoisotopic (exact) mass is 556 g/mol. The van der Waals surface area contributed by atoms with Gasteiger partial charge in [0.05, 0.1) is 18.4 Å². The number of carbonyl (C=O) groups is 4. The van der Waals surface area contributed by atoms with Gasteiger partial charge in [-0.1, -0.05) is 39.8 Å². The van der Waals surface area contributed by atoms with Gasteiger partial charge in [0.25, 0.3) is 11.8 Å². The van der Waals surface area contributed by atoms with Gasteiger partial charge < -0.3 is 31.0 Å². The number of aromatic nitrogens is 3. The Hall–Kier alpha value is -4.52. The van der Waals surface area contributed by atoms with Gasteiger partial charge in [0, 0.05) is 17.2 Å². The molecular weight excluding hydrogens is 520 g/mol. The van der Waals surface area contributed by atoms with Crippen molar-refractivity contribution in [2.45, 2.75) is 59.0 Å². The predicted octanol–water partition coefficient (Wildman–Crippen LogP) is 2.91. The van der Waals surface area contributed by atoms with E-state index in [-0.39, 0.29) is 41.8 Å². The third kappa shape index (κ3) is 9.34. The number of nitrogens with zero attached hydrogens (tertiary/aromatic N) is 2. The normalized spacial score (nSPS) is 11.5. The van der Waals surface area contributed by atoms with Crippen LogP contribution in [0.5, 0.6) is 0 Å². The Morgan fingerprint density at radius 2 is 1.68 bits per heavy atom. The molecule has 2 aromatic heterocycles. The van der Waals surface area contributed by atoms with Gasteiger partial charge in [-0.3, -0.25) is 19.5 Å². The summed E-state index contributed by atoms with van der Waals surface area (Å²) in [6.07, 6.45) is 3.36. The van der Waals surface area contributed by atoms with Gasteiger partial charge in [0.15, 0.2) is 0 Å². The van der Waals surface area contributed by atoms with Crippen molar-refractivity contribution in [1.29, 1.82) is 0 Å². The molecule has 0 radical (unpaired) electrons. The Labute approximate surface area is 231 Å². The molecule has 2 amide bonds. The summed E-state index contributed by atoms with van der Waals surface area (Å²) in [5.74, 6) is -2.39. The van der Waals surface area contributed by atoms with Crippen LogP contribution in [-0.4, -0.2) is 67.8 Å². The molecule has 1 atom stereocenters. The van der Waals surface area contributed by atoms with E-state index in [0.29, 0.717) is 23.2 Å². The second-order valence-electron chi connectivity index (χ2n) is 9.36. The predicted molar refractivity (Wildman–Crippen MR) is 146 cm³/mol. The number of carbonyl (C=O) groups excluding carboxylic acids is 2. The lowest BCUT2D eigenvalue weighted by molar-refractivity contribution is -0.139. The molecule has 2 heterocycles. The number of rotatable bonds is 12. The zero-order valence-electron chi connectivity index (χ0n) is 22.9. The quantitative estimate of drug-likeness (QED) is 0.192. The van der Waals surface area contributed by atoms with Crippen LogP contribution >= 0.6 is 0 Å². The van der Waals surface area contributed by atoms with Crippen LogP contribution in [0.2, 0.25) is 0 Å². The second-order valence-corrected chi connectivity index (χ2v) is 9.36. The van der Waals surface area contributed by atoms with Crippen molar-refractivity contribution in [3.63, 3.8) is 0 Å². The number of benzene rings is 1. The van der Waals surface area contributed by atoms with E-state index in [1.54, 1.807) is 24.3 Å². The number of hydrogen-bond acceptors (Lipinski definition) is 8. The Morgan fingerprint density at radius 1 is 1.02 bits per heavy atom. The van der Waals surface area contributed by atoms with E-state index < -0.39 is 23.9 Å². The van der Waals surface area contributed by atoms with E-state index >= 15 is 0 Å². The smallest absolute Gasteiger partial charge is 0.326 e. The SMILES string of the molecule is CCC(CC)NC(=O)c1cnc(-c2cccc(-c3cc(C(=O)NC(CC(C)C)C(=O)O)[nH]n3)c2)o1.NCC(=O)O. The van der Waals surface area contributed by atoms with Crippen LogP contribution in [-0.2, 0) is 9.59 Å². The number of nitrogens with two attached hydrogens (primary N) is 1. The van der Waals surface area contributed by atoms with E-state index in [2.05, 4.69) is 31.5 Å². The van der Waals surface area contributed by atoms with Gasteiger partial charge in [0.2, 0.25) is 11.7 Å². The maximum Gasteiger partial charge on any atom is 0.326 e. The lowest BCUT2D eigenvalue weighted by Gasteiger charge is -2.15. The van der Waals surface area contributed by atoms with Gasteiger partial charge in [-0.25, -0.2) is 9.78 Å². The first kappa shape index (κ1) is 31.7. The maximum absolute atomic E-state index is 12.6. The summed E-state index contributed by atoms with van der Waals surface area (Å²) < 4.78 is 5.68. The number of nitrogens with one attached hydrogen (secondary N) is 3. The second kappa shape index (κ2) is 15.2. The average Bonchev–Trinajstić information content (AvgIpc) is 3.62. The lowest BCUT2D eigenvalue weighted by atomic mass is 10.0. The highest BCUT2D eigenvalue weighted by Gasteiger charge is 2.23. The summed E-state index contributed by atoms with van der Waals surface area (Å²) in [5, 5.41) is 29.3. The molecule has 0 aliphatic carbocycles. The summed E-state index contributed by atoms with van der Waals surface area (Å²) in [4.78, 5) is 49.9. The number of amides is 2.